The minimum Gasteiger partial charge on any atom is -0.445 e. The molecule has 1 fully saturated rings. The fraction of sp³-hybridized carbons (Fsp3) is 0.536. The normalized spacial score (nSPS) is 17.5. The molecule has 2 aromatic carbocycles. The highest BCUT2D eigenvalue weighted by Crippen LogP contribution is 2.30. The van der Waals surface area contributed by atoms with Crippen molar-refractivity contribution in [1.82, 2.24) is 19.7 Å². The molecule has 4 rings (SSSR count). The Morgan fingerprint density at radius 3 is 2.65 bits per heavy atom. The van der Waals surface area contributed by atoms with E-state index in [9.17, 15) is 4.79 Å². The number of nitrogens with one attached hydrogen (secondary N) is 1. The second-order valence-corrected chi connectivity index (χ2v) is 11.0. The number of aromatic nitrogens is 1. The van der Waals surface area contributed by atoms with E-state index >= 15 is 0 Å². The van der Waals surface area contributed by atoms with Crippen LogP contribution in [0.3, 0.4) is 0 Å². The Morgan fingerprint density at radius 2 is 1.88 bits per heavy atom. The fourth-order valence-electron chi connectivity index (χ4n) is 4.98. The van der Waals surface area contributed by atoms with Gasteiger partial charge in [-0.25, -0.2) is 4.79 Å². The number of benzene rings is 2. The summed E-state index contributed by atoms with van der Waals surface area (Å²) in [5.74, 6) is 0. The van der Waals surface area contributed by atoms with Crippen molar-refractivity contribution in [2.24, 2.45) is 0 Å². The molecule has 0 saturated carbocycles. The van der Waals surface area contributed by atoms with Gasteiger partial charge in [-0.3, -0.25) is 4.90 Å². The average Bonchev–Trinajstić information content (AvgIpc) is 3.06. The van der Waals surface area contributed by atoms with Gasteiger partial charge in [-0.05, 0) is 91.0 Å². The molecular weight excluding hydrogens is 424 g/mol. The van der Waals surface area contributed by atoms with Crippen LogP contribution in [0.4, 0.5) is 4.79 Å². The number of para-hydroxylation sites is 1. The summed E-state index contributed by atoms with van der Waals surface area (Å²) in [6.45, 7) is 10.7. The number of hydrogen-bond acceptors (Lipinski definition) is 4. The predicted molar refractivity (Wildman–Crippen MR) is 140 cm³/mol. The molecule has 1 atom stereocenters. The van der Waals surface area contributed by atoms with Gasteiger partial charge in [-0.15, -0.1) is 0 Å². The lowest BCUT2D eigenvalue weighted by Crippen LogP contribution is -2.46. The van der Waals surface area contributed by atoms with E-state index in [1.54, 1.807) is 0 Å². The molecule has 1 amide bonds. The Hall–Kier alpha value is -2.57. The van der Waals surface area contributed by atoms with Gasteiger partial charge in [0.15, 0.2) is 0 Å². The van der Waals surface area contributed by atoms with Crippen molar-refractivity contribution < 1.29 is 9.53 Å². The van der Waals surface area contributed by atoms with Gasteiger partial charge in [0.2, 0.25) is 0 Å². The molecule has 6 heteroatoms. The molecule has 0 radical (unpaired) electrons. The number of carbonyl (C=O) groups is 1. The second kappa shape index (κ2) is 10.4. The second-order valence-electron chi connectivity index (χ2n) is 11.0. The Labute approximate surface area is 203 Å². The number of rotatable bonds is 7. The van der Waals surface area contributed by atoms with Gasteiger partial charge in [-0.1, -0.05) is 24.3 Å². The number of fused-ring (bicyclic) bond motifs is 3. The van der Waals surface area contributed by atoms with Gasteiger partial charge in [-0.2, -0.15) is 0 Å². The minimum absolute atomic E-state index is 0.0570. The number of amides is 1. The maximum atomic E-state index is 12.2. The number of nitrogens with zero attached hydrogens (tertiary/aromatic N) is 3. The van der Waals surface area contributed by atoms with Gasteiger partial charge in [0.1, 0.15) is 6.10 Å². The number of alkyl carbamates (subject to hydrolysis) is 1. The zero-order chi connectivity index (χ0) is 24.3. The zero-order valence-corrected chi connectivity index (χ0v) is 21.4. The van der Waals surface area contributed by atoms with Crippen LogP contribution < -0.4 is 5.32 Å². The Balaban J connectivity index is 1.48. The lowest BCUT2D eigenvalue weighted by molar-refractivity contribution is 0.0366. The van der Waals surface area contributed by atoms with Crippen LogP contribution >= 0.6 is 0 Å². The molecule has 1 N–H and O–H groups in total. The first-order valence-corrected chi connectivity index (χ1v) is 12.6. The number of aryl methyl sites for hydroxylation is 1. The number of likely N-dealkylation sites (tertiary alicyclic amines) is 1. The Bertz CT molecular complexity index is 1130. The lowest BCUT2D eigenvalue weighted by Gasteiger charge is -2.33. The topological polar surface area (TPSA) is 49.7 Å². The smallest absolute Gasteiger partial charge is 0.407 e. The lowest BCUT2D eigenvalue weighted by atomic mass is 10.1. The third kappa shape index (κ3) is 6.10. The van der Waals surface area contributed by atoms with E-state index in [0.717, 1.165) is 52.0 Å². The van der Waals surface area contributed by atoms with Gasteiger partial charge in [0.05, 0.1) is 0 Å². The first kappa shape index (κ1) is 24.6. The molecule has 1 aliphatic rings. The first-order chi connectivity index (χ1) is 16.2. The molecule has 3 aromatic rings. The molecular formula is C28H40N4O2. The van der Waals surface area contributed by atoms with Crippen LogP contribution in [0.15, 0.2) is 42.5 Å². The van der Waals surface area contributed by atoms with E-state index in [1.165, 1.54) is 27.4 Å². The molecule has 0 bridgehead atoms. The summed E-state index contributed by atoms with van der Waals surface area (Å²) >= 11 is 0. The first-order valence-electron chi connectivity index (χ1n) is 12.6. The molecule has 34 heavy (non-hydrogen) atoms. The SMILES string of the molecule is CN(C)CCCn1c2ccccc2c2cc(CN3CCCC(OC(=O)NC(C)(C)C)C3)ccc21. The predicted octanol–water partition coefficient (Wildman–Crippen LogP) is 5.24. The van der Waals surface area contributed by atoms with Crippen molar-refractivity contribution in [2.75, 3.05) is 33.7 Å². The quantitative estimate of drug-likeness (QED) is 0.520. The van der Waals surface area contributed by atoms with Gasteiger partial charge in [0, 0.05) is 47.0 Å². The molecule has 1 saturated heterocycles. The highest BCUT2D eigenvalue weighted by molar-refractivity contribution is 6.08. The Kier molecular flexibility index (Phi) is 7.48. The van der Waals surface area contributed by atoms with Gasteiger partial charge in [0.25, 0.3) is 0 Å². The number of piperidine rings is 1. The van der Waals surface area contributed by atoms with E-state index in [1.807, 2.05) is 20.8 Å². The van der Waals surface area contributed by atoms with Crippen molar-refractivity contribution >= 4 is 27.9 Å². The minimum atomic E-state index is -0.317. The van der Waals surface area contributed by atoms with E-state index in [4.69, 9.17) is 4.74 Å². The highest BCUT2D eigenvalue weighted by atomic mass is 16.6. The van der Waals surface area contributed by atoms with Crippen molar-refractivity contribution in [2.45, 2.75) is 64.8 Å². The Morgan fingerprint density at radius 1 is 1.12 bits per heavy atom. The molecule has 1 aromatic heterocycles. The van der Waals surface area contributed by atoms with Crippen LogP contribution in [-0.4, -0.2) is 65.8 Å². The summed E-state index contributed by atoms with van der Waals surface area (Å²) in [6.07, 6.45) is 2.72. The van der Waals surface area contributed by atoms with Crippen LogP contribution in [0.1, 0.15) is 45.6 Å². The molecule has 0 spiro atoms. The van der Waals surface area contributed by atoms with E-state index in [2.05, 4.69) is 76.2 Å². The van der Waals surface area contributed by atoms with E-state index < -0.39 is 0 Å². The zero-order valence-electron chi connectivity index (χ0n) is 21.4. The summed E-state index contributed by atoms with van der Waals surface area (Å²) < 4.78 is 8.19. The van der Waals surface area contributed by atoms with Gasteiger partial charge < -0.3 is 19.5 Å². The van der Waals surface area contributed by atoms with E-state index in [0.29, 0.717) is 0 Å². The largest absolute Gasteiger partial charge is 0.445 e. The van der Waals surface area contributed by atoms with Crippen LogP contribution in [0, 0.1) is 0 Å². The van der Waals surface area contributed by atoms with Crippen molar-refractivity contribution in [3.63, 3.8) is 0 Å². The molecule has 2 heterocycles. The van der Waals surface area contributed by atoms with E-state index in [-0.39, 0.29) is 17.7 Å². The summed E-state index contributed by atoms with van der Waals surface area (Å²) in [4.78, 5) is 16.9. The molecule has 0 aliphatic carbocycles. The summed E-state index contributed by atoms with van der Waals surface area (Å²) in [7, 11) is 4.26. The summed E-state index contributed by atoms with van der Waals surface area (Å²) in [6, 6.07) is 15.6. The van der Waals surface area contributed by atoms with Gasteiger partial charge >= 0.3 is 6.09 Å². The summed E-state index contributed by atoms with van der Waals surface area (Å²) in [5.41, 5.74) is 3.64. The van der Waals surface area contributed by atoms with Crippen molar-refractivity contribution in [1.29, 1.82) is 0 Å². The monoisotopic (exact) mass is 464 g/mol. The van der Waals surface area contributed by atoms with Crippen molar-refractivity contribution in [3.8, 4) is 0 Å². The maximum absolute atomic E-state index is 12.2. The third-order valence-corrected chi connectivity index (χ3v) is 6.44. The number of hydrogen-bond donors (Lipinski definition) is 1. The number of carbonyl (C=O) groups excluding carboxylic acids is 1. The summed E-state index contributed by atoms with van der Waals surface area (Å²) in [5, 5.41) is 5.55. The number of ether oxygens (including phenoxy) is 1. The molecule has 184 valence electrons. The average molecular weight is 465 g/mol. The van der Waals surface area contributed by atoms with Crippen molar-refractivity contribution in [3.05, 3.63) is 48.0 Å². The third-order valence-electron chi connectivity index (χ3n) is 6.44. The molecule has 1 unspecified atom stereocenters. The molecule has 6 nitrogen and oxygen atoms in total. The van der Waals surface area contributed by atoms with Crippen LogP contribution in [0.2, 0.25) is 0 Å². The standard InChI is InChI=1S/C28H40N4O2/c1-28(2,3)29-27(33)34-22-10-8-16-31(20-22)19-21-13-14-26-24(18-21)23-11-6-7-12-25(23)32(26)17-9-15-30(4)5/h6-7,11-14,18,22H,8-10,15-17,19-20H2,1-5H3,(H,29,33). The maximum Gasteiger partial charge on any atom is 0.407 e. The van der Waals surface area contributed by atoms with Crippen LogP contribution in [-0.2, 0) is 17.8 Å². The van der Waals surface area contributed by atoms with Crippen LogP contribution in [0.5, 0.6) is 0 Å². The highest BCUT2D eigenvalue weighted by Gasteiger charge is 2.25. The van der Waals surface area contributed by atoms with Crippen LogP contribution in [0.25, 0.3) is 21.8 Å². The fourth-order valence-corrected chi connectivity index (χ4v) is 4.98. The molecule has 1 aliphatic heterocycles.